The molecule has 0 atom stereocenters. The van der Waals surface area contributed by atoms with Gasteiger partial charge in [0, 0.05) is 5.56 Å². The van der Waals surface area contributed by atoms with Crippen LogP contribution in [0.4, 0.5) is 0 Å². The van der Waals surface area contributed by atoms with E-state index in [1.54, 1.807) is 4.90 Å². The zero-order valence-corrected chi connectivity index (χ0v) is 15.7. The van der Waals surface area contributed by atoms with Gasteiger partial charge >= 0.3 is 0 Å². The summed E-state index contributed by atoms with van der Waals surface area (Å²) in [5.74, 6) is 1.07. The summed E-state index contributed by atoms with van der Waals surface area (Å²) in [5.41, 5.74) is 0.873. The Hall–Kier alpha value is 0.1000. The Kier molecular flexibility index (Phi) is 6.14. The van der Waals surface area contributed by atoms with E-state index in [-0.39, 0.29) is 19.6 Å². The topological polar surface area (TPSA) is 28.0 Å². The first-order valence-electron chi connectivity index (χ1n) is 6.20. The predicted octanol–water partition coefficient (Wildman–Crippen LogP) is 5.24. The number of amidine groups is 2. The number of alkyl halides is 6. The van der Waals surface area contributed by atoms with Gasteiger partial charge < -0.3 is 4.90 Å². The van der Waals surface area contributed by atoms with Crippen molar-refractivity contribution in [3.8, 4) is 0 Å². The van der Waals surface area contributed by atoms with Crippen molar-refractivity contribution in [1.29, 1.82) is 0 Å². The molecule has 0 saturated heterocycles. The van der Waals surface area contributed by atoms with Gasteiger partial charge in [-0.05, 0) is 0 Å². The Morgan fingerprint density at radius 1 is 0.955 bits per heavy atom. The highest BCUT2D eigenvalue weighted by molar-refractivity contribution is 6.68. The van der Waals surface area contributed by atoms with E-state index in [4.69, 9.17) is 69.6 Å². The minimum absolute atomic E-state index is 0.0876. The lowest BCUT2D eigenvalue weighted by atomic mass is 10.2. The maximum absolute atomic E-state index is 5.88. The van der Waals surface area contributed by atoms with Crippen molar-refractivity contribution < 1.29 is 0 Å². The van der Waals surface area contributed by atoms with Crippen LogP contribution in [-0.4, -0.2) is 37.4 Å². The highest BCUT2D eigenvalue weighted by Crippen LogP contribution is 2.33. The van der Waals surface area contributed by atoms with Crippen LogP contribution in [0.5, 0.6) is 0 Å². The summed E-state index contributed by atoms with van der Waals surface area (Å²) in [7, 11) is 0. The Labute approximate surface area is 158 Å². The molecule has 0 saturated carbocycles. The van der Waals surface area contributed by atoms with Crippen molar-refractivity contribution in [2.45, 2.75) is 14.0 Å². The van der Waals surface area contributed by atoms with E-state index in [2.05, 4.69) is 9.98 Å². The van der Waals surface area contributed by atoms with Gasteiger partial charge in [-0.1, -0.05) is 99.9 Å². The molecule has 1 aromatic carbocycles. The zero-order valence-electron chi connectivity index (χ0n) is 11.1. The molecule has 120 valence electrons. The number of hydrogen-bond acceptors (Lipinski definition) is 3. The van der Waals surface area contributed by atoms with Crippen molar-refractivity contribution in [3.05, 3.63) is 35.9 Å². The van der Waals surface area contributed by atoms with E-state index >= 15 is 0 Å². The maximum atomic E-state index is 5.88. The second-order valence-electron chi connectivity index (χ2n) is 4.62. The third kappa shape index (κ3) is 5.95. The number of aliphatic imine (C=N–C) groups is 2. The van der Waals surface area contributed by atoms with Crippen molar-refractivity contribution >= 4 is 81.3 Å². The summed E-state index contributed by atoms with van der Waals surface area (Å²) in [6.45, 7) is 0.376. The lowest BCUT2D eigenvalue weighted by Gasteiger charge is -2.31. The van der Waals surface area contributed by atoms with Crippen LogP contribution in [0.15, 0.2) is 40.3 Å². The highest BCUT2D eigenvalue weighted by Gasteiger charge is 2.32. The van der Waals surface area contributed by atoms with E-state index in [9.17, 15) is 0 Å². The largest absolute Gasteiger partial charge is 0.336 e. The number of benzene rings is 1. The smallest absolute Gasteiger partial charge is 0.207 e. The second-order valence-corrected chi connectivity index (χ2v) is 9.65. The second kappa shape index (κ2) is 7.33. The van der Waals surface area contributed by atoms with Crippen molar-refractivity contribution in [2.24, 2.45) is 9.98 Å². The summed E-state index contributed by atoms with van der Waals surface area (Å²) < 4.78 is -2.97. The van der Waals surface area contributed by atoms with E-state index < -0.39 is 7.59 Å². The van der Waals surface area contributed by atoms with Gasteiger partial charge in [-0.3, -0.25) is 0 Å². The SMILES string of the molecule is ClC(Cl)(Cl)CC1=NC(c2ccccc2)=NCN1CC(Cl)(Cl)Cl. The molecule has 9 heteroatoms. The third-order valence-electron chi connectivity index (χ3n) is 2.75. The maximum Gasteiger partial charge on any atom is 0.207 e. The van der Waals surface area contributed by atoms with Crippen LogP contribution in [-0.2, 0) is 0 Å². The van der Waals surface area contributed by atoms with E-state index in [1.807, 2.05) is 30.3 Å². The van der Waals surface area contributed by atoms with Crippen LogP contribution in [0.1, 0.15) is 12.0 Å². The molecule has 0 N–H and O–H groups in total. The molecule has 1 aromatic rings. The van der Waals surface area contributed by atoms with Gasteiger partial charge in [0.15, 0.2) is 9.63 Å². The van der Waals surface area contributed by atoms with Gasteiger partial charge in [-0.2, -0.15) is 0 Å². The molecule has 1 heterocycles. The first-order valence-corrected chi connectivity index (χ1v) is 8.47. The molecule has 3 nitrogen and oxygen atoms in total. The fourth-order valence-corrected chi connectivity index (χ4v) is 2.69. The average molecular weight is 422 g/mol. The molecular weight excluding hydrogens is 411 g/mol. The van der Waals surface area contributed by atoms with E-state index in [1.165, 1.54) is 0 Å². The molecule has 2 rings (SSSR count). The summed E-state index contributed by atoms with van der Waals surface area (Å²) >= 11 is 35.2. The molecule has 0 spiro atoms. The van der Waals surface area contributed by atoms with E-state index in [0.29, 0.717) is 11.7 Å². The number of hydrogen-bond donors (Lipinski definition) is 0. The van der Waals surface area contributed by atoms with Crippen LogP contribution < -0.4 is 0 Å². The minimum atomic E-state index is -1.50. The number of nitrogens with zero attached hydrogens (tertiary/aromatic N) is 3. The zero-order chi connectivity index (χ0) is 16.4. The molecule has 0 amide bonds. The molecule has 0 bridgehead atoms. The first-order chi connectivity index (χ1) is 10.1. The Balaban J connectivity index is 2.28. The summed E-state index contributed by atoms with van der Waals surface area (Å²) in [4.78, 5) is 10.5. The predicted molar refractivity (Wildman–Crippen MR) is 97.2 cm³/mol. The molecule has 1 aliphatic rings. The molecule has 1 aliphatic heterocycles. The Morgan fingerprint density at radius 2 is 1.59 bits per heavy atom. The van der Waals surface area contributed by atoms with Crippen LogP contribution >= 0.6 is 69.6 Å². The molecule has 22 heavy (non-hydrogen) atoms. The van der Waals surface area contributed by atoms with Crippen molar-refractivity contribution in [3.63, 3.8) is 0 Å². The van der Waals surface area contributed by atoms with Gasteiger partial charge in [0.25, 0.3) is 0 Å². The van der Waals surface area contributed by atoms with Crippen LogP contribution in [0.25, 0.3) is 0 Å². The van der Waals surface area contributed by atoms with Crippen molar-refractivity contribution in [2.75, 3.05) is 13.2 Å². The molecule has 0 aromatic heterocycles. The lowest BCUT2D eigenvalue weighted by molar-refractivity contribution is 0.426. The monoisotopic (exact) mass is 419 g/mol. The van der Waals surface area contributed by atoms with Crippen LogP contribution in [0, 0.1) is 0 Å². The molecular formula is C13H11Cl6N3. The Morgan fingerprint density at radius 3 is 2.14 bits per heavy atom. The molecule has 0 aliphatic carbocycles. The molecule has 0 fully saturated rings. The Bertz CT molecular complexity index is 574. The normalized spacial score (nSPS) is 16.4. The average Bonchev–Trinajstić information content (AvgIpc) is 2.38. The number of rotatable bonds is 3. The lowest BCUT2D eigenvalue weighted by Crippen LogP contribution is -2.42. The van der Waals surface area contributed by atoms with Gasteiger partial charge in [-0.25, -0.2) is 9.98 Å². The van der Waals surface area contributed by atoms with Crippen molar-refractivity contribution in [1.82, 2.24) is 4.90 Å². The van der Waals surface area contributed by atoms with Gasteiger partial charge in [0.05, 0.1) is 13.0 Å². The van der Waals surface area contributed by atoms with Gasteiger partial charge in [0.2, 0.25) is 3.79 Å². The third-order valence-corrected chi connectivity index (χ3v) is 3.51. The van der Waals surface area contributed by atoms with Gasteiger partial charge in [0.1, 0.15) is 12.5 Å². The minimum Gasteiger partial charge on any atom is -0.336 e. The fraction of sp³-hybridized carbons (Fsp3) is 0.385. The summed E-state index contributed by atoms with van der Waals surface area (Å²) in [6, 6.07) is 9.51. The molecule has 0 unspecified atom stereocenters. The summed E-state index contributed by atoms with van der Waals surface area (Å²) in [6.07, 6.45) is 0.0876. The van der Waals surface area contributed by atoms with Crippen LogP contribution in [0.2, 0.25) is 0 Å². The van der Waals surface area contributed by atoms with Gasteiger partial charge in [-0.15, -0.1) is 0 Å². The van der Waals surface area contributed by atoms with E-state index in [0.717, 1.165) is 5.56 Å². The highest BCUT2D eigenvalue weighted by atomic mass is 35.6. The number of halogens is 6. The standard InChI is InChI=1S/C13H11Cl6N3/c14-12(15,16)6-10-21-11(9-4-2-1-3-5-9)20-8-22(10)7-13(17,18)19/h1-5H,6-8H2. The fourth-order valence-electron chi connectivity index (χ4n) is 1.89. The summed E-state index contributed by atoms with van der Waals surface area (Å²) in [5, 5.41) is 0. The quantitative estimate of drug-likeness (QED) is 0.613. The first kappa shape index (κ1) is 18.4. The van der Waals surface area contributed by atoms with Crippen LogP contribution in [0.3, 0.4) is 0 Å². The molecule has 0 radical (unpaired) electrons.